The predicted molar refractivity (Wildman–Crippen MR) is 91.8 cm³/mol. The Labute approximate surface area is 133 Å². The van der Waals surface area contributed by atoms with Crippen LogP contribution in [0.5, 0.6) is 0 Å². The van der Waals surface area contributed by atoms with E-state index in [1.54, 1.807) is 24.3 Å². The van der Waals surface area contributed by atoms with Crippen LogP contribution in [-0.2, 0) is 10.0 Å². The predicted octanol–water partition coefficient (Wildman–Crippen LogP) is 2.25. The van der Waals surface area contributed by atoms with Crippen LogP contribution in [-0.4, -0.2) is 27.5 Å². The maximum Gasteiger partial charge on any atom is 0.271 e. The molecule has 0 bridgehead atoms. The van der Waals surface area contributed by atoms with Crippen LogP contribution >= 0.6 is 23.6 Å². The number of hydrogen-bond donors (Lipinski definition) is 2. The standard InChI is InChI=1S/C13H15N3O2S3/c1-16(2)10-5-3-4-9(8-10)15-21(17,18)12-7-6-11(20-12)13(14)19/h3-8,15H,1-2H3,(H2,14,19). The van der Waals surface area contributed by atoms with Crippen LogP contribution in [0.15, 0.2) is 40.6 Å². The van der Waals surface area contributed by atoms with Crippen molar-refractivity contribution < 1.29 is 8.42 Å². The van der Waals surface area contributed by atoms with Crippen molar-refractivity contribution in [1.82, 2.24) is 0 Å². The lowest BCUT2D eigenvalue weighted by Crippen LogP contribution is -2.13. The third-order valence-corrected chi connectivity index (χ3v) is 6.04. The Kier molecular flexibility index (Phi) is 4.50. The molecule has 8 heteroatoms. The summed E-state index contributed by atoms with van der Waals surface area (Å²) in [5.41, 5.74) is 6.91. The average Bonchev–Trinajstić information content (AvgIpc) is 2.89. The lowest BCUT2D eigenvalue weighted by atomic mass is 10.3. The number of hydrogen-bond acceptors (Lipinski definition) is 5. The molecule has 1 aromatic carbocycles. The highest BCUT2D eigenvalue weighted by Gasteiger charge is 2.18. The van der Waals surface area contributed by atoms with Crippen LogP contribution in [0.3, 0.4) is 0 Å². The number of nitrogens with one attached hydrogen (secondary N) is 1. The number of benzene rings is 1. The molecule has 0 saturated carbocycles. The van der Waals surface area contributed by atoms with Crippen LogP contribution in [0.4, 0.5) is 11.4 Å². The first-order valence-corrected chi connectivity index (χ1v) is 8.70. The van der Waals surface area contributed by atoms with Crippen molar-refractivity contribution in [2.75, 3.05) is 23.7 Å². The highest BCUT2D eigenvalue weighted by molar-refractivity contribution is 7.94. The van der Waals surface area contributed by atoms with Gasteiger partial charge in [-0.1, -0.05) is 18.3 Å². The van der Waals surface area contributed by atoms with Crippen molar-refractivity contribution in [3.8, 4) is 0 Å². The Bertz CT molecular complexity index is 766. The molecule has 0 radical (unpaired) electrons. The quantitative estimate of drug-likeness (QED) is 0.816. The van der Waals surface area contributed by atoms with E-state index in [0.29, 0.717) is 10.6 Å². The number of thiophene rings is 1. The summed E-state index contributed by atoms with van der Waals surface area (Å²) < 4.78 is 27.4. The monoisotopic (exact) mass is 341 g/mol. The third-order valence-electron chi connectivity index (χ3n) is 2.70. The molecular weight excluding hydrogens is 326 g/mol. The Morgan fingerprint density at radius 3 is 2.57 bits per heavy atom. The van der Waals surface area contributed by atoms with E-state index >= 15 is 0 Å². The van der Waals surface area contributed by atoms with E-state index in [4.69, 9.17) is 18.0 Å². The minimum atomic E-state index is -3.63. The second-order valence-electron chi connectivity index (χ2n) is 4.53. The second kappa shape index (κ2) is 6.00. The third kappa shape index (κ3) is 3.72. The maximum atomic E-state index is 12.3. The van der Waals surface area contributed by atoms with Gasteiger partial charge in [0.05, 0.1) is 10.6 Å². The fourth-order valence-corrected chi connectivity index (χ4v) is 4.05. The largest absolute Gasteiger partial charge is 0.389 e. The molecule has 112 valence electrons. The molecule has 5 nitrogen and oxygen atoms in total. The van der Waals surface area contributed by atoms with Gasteiger partial charge in [-0.25, -0.2) is 8.42 Å². The summed E-state index contributed by atoms with van der Waals surface area (Å²) in [6, 6.07) is 10.3. The average molecular weight is 341 g/mol. The minimum absolute atomic E-state index is 0.181. The summed E-state index contributed by atoms with van der Waals surface area (Å²) in [4.78, 5) is 2.66. The number of nitrogens with zero attached hydrogens (tertiary/aromatic N) is 1. The zero-order valence-corrected chi connectivity index (χ0v) is 14.0. The summed E-state index contributed by atoms with van der Waals surface area (Å²) in [6.07, 6.45) is 0. The molecular formula is C13H15N3O2S3. The molecule has 0 fully saturated rings. The molecule has 0 spiro atoms. The number of sulfonamides is 1. The Hall–Kier alpha value is -1.64. The summed E-state index contributed by atoms with van der Waals surface area (Å²) in [6.45, 7) is 0. The summed E-state index contributed by atoms with van der Waals surface area (Å²) in [5.74, 6) is 0. The van der Waals surface area contributed by atoms with E-state index in [1.807, 2.05) is 25.1 Å². The molecule has 3 N–H and O–H groups in total. The van der Waals surface area contributed by atoms with Gasteiger partial charge < -0.3 is 10.6 Å². The normalized spacial score (nSPS) is 11.1. The van der Waals surface area contributed by atoms with Gasteiger partial charge >= 0.3 is 0 Å². The Morgan fingerprint density at radius 1 is 1.29 bits per heavy atom. The van der Waals surface area contributed by atoms with E-state index in [2.05, 4.69) is 4.72 Å². The first kappa shape index (κ1) is 15.7. The van der Waals surface area contributed by atoms with Crippen LogP contribution in [0, 0.1) is 0 Å². The van der Waals surface area contributed by atoms with Gasteiger partial charge in [-0.15, -0.1) is 11.3 Å². The van der Waals surface area contributed by atoms with E-state index in [0.717, 1.165) is 17.0 Å². The molecule has 0 aliphatic rings. The van der Waals surface area contributed by atoms with E-state index in [9.17, 15) is 8.42 Å². The van der Waals surface area contributed by atoms with Crippen molar-refractivity contribution in [3.05, 3.63) is 41.3 Å². The molecule has 1 heterocycles. The number of thiocarbonyl (C=S) groups is 1. The van der Waals surface area contributed by atoms with E-state index in [1.165, 1.54) is 6.07 Å². The van der Waals surface area contributed by atoms with Crippen molar-refractivity contribution in [2.24, 2.45) is 5.73 Å². The summed E-state index contributed by atoms with van der Waals surface area (Å²) >= 11 is 5.89. The zero-order valence-electron chi connectivity index (χ0n) is 11.5. The van der Waals surface area contributed by atoms with Gasteiger partial charge in [0.25, 0.3) is 10.0 Å². The van der Waals surface area contributed by atoms with Gasteiger partial charge in [-0.2, -0.15) is 0 Å². The van der Waals surface area contributed by atoms with E-state index < -0.39 is 10.0 Å². The minimum Gasteiger partial charge on any atom is -0.389 e. The van der Waals surface area contributed by atoms with E-state index in [-0.39, 0.29) is 9.20 Å². The van der Waals surface area contributed by atoms with Crippen molar-refractivity contribution in [3.63, 3.8) is 0 Å². The van der Waals surface area contributed by atoms with Gasteiger partial charge in [0, 0.05) is 19.8 Å². The lowest BCUT2D eigenvalue weighted by Gasteiger charge is -2.14. The topological polar surface area (TPSA) is 75.4 Å². The van der Waals surface area contributed by atoms with Gasteiger partial charge in [0.1, 0.15) is 9.20 Å². The summed E-state index contributed by atoms with van der Waals surface area (Å²) in [5, 5.41) is 0. The molecule has 1 aromatic heterocycles. The number of rotatable bonds is 5. The highest BCUT2D eigenvalue weighted by Crippen LogP contribution is 2.25. The Balaban J connectivity index is 2.28. The first-order chi connectivity index (χ1) is 9.79. The molecule has 0 saturated heterocycles. The fourth-order valence-electron chi connectivity index (χ4n) is 1.65. The summed E-state index contributed by atoms with van der Waals surface area (Å²) in [7, 11) is 0.147. The molecule has 0 unspecified atom stereocenters. The van der Waals surface area contributed by atoms with Gasteiger partial charge in [0.15, 0.2) is 0 Å². The van der Waals surface area contributed by atoms with Crippen LogP contribution in [0.1, 0.15) is 4.88 Å². The molecule has 0 aliphatic heterocycles. The molecule has 2 rings (SSSR count). The van der Waals surface area contributed by atoms with Crippen LogP contribution in [0.2, 0.25) is 0 Å². The lowest BCUT2D eigenvalue weighted by molar-refractivity contribution is 0.603. The maximum absolute atomic E-state index is 12.3. The van der Waals surface area contributed by atoms with Crippen LogP contribution in [0.25, 0.3) is 0 Å². The van der Waals surface area contributed by atoms with Gasteiger partial charge in [-0.05, 0) is 30.3 Å². The SMILES string of the molecule is CN(C)c1cccc(NS(=O)(=O)c2ccc(C(N)=S)s2)c1. The second-order valence-corrected chi connectivity index (χ2v) is 7.97. The van der Waals surface area contributed by atoms with Gasteiger partial charge in [0.2, 0.25) is 0 Å². The molecule has 0 amide bonds. The molecule has 0 atom stereocenters. The van der Waals surface area contributed by atoms with Crippen molar-refractivity contribution in [1.29, 1.82) is 0 Å². The number of anilines is 2. The van der Waals surface area contributed by atoms with Crippen LogP contribution < -0.4 is 15.4 Å². The highest BCUT2D eigenvalue weighted by atomic mass is 32.2. The fraction of sp³-hybridized carbons (Fsp3) is 0.154. The van der Waals surface area contributed by atoms with Gasteiger partial charge in [-0.3, -0.25) is 4.72 Å². The first-order valence-electron chi connectivity index (χ1n) is 5.99. The molecule has 21 heavy (non-hydrogen) atoms. The number of nitrogens with two attached hydrogens (primary N) is 1. The Morgan fingerprint density at radius 2 is 2.00 bits per heavy atom. The molecule has 2 aromatic rings. The van der Waals surface area contributed by atoms with Crippen molar-refractivity contribution >= 4 is 49.9 Å². The van der Waals surface area contributed by atoms with Crippen molar-refractivity contribution in [2.45, 2.75) is 4.21 Å². The zero-order chi connectivity index (χ0) is 15.6. The smallest absolute Gasteiger partial charge is 0.271 e. The molecule has 0 aliphatic carbocycles.